The normalized spacial score (nSPS) is 14.9. The van der Waals surface area contributed by atoms with E-state index in [0.29, 0.717) is 0 Å². The first-order valence-corrected chi connectivity index (χ1v) is 7.72. The molecule has 1 saturated carbocycles. The zero-order chi connectivity index (χ0) is 11.9. The lowest BCUT2D eigenvalue weighted by Gasteiger charge is -2.07. The second-order valence-corrected chi connectivity index (χ2v) is 5.48. The Morgan fingerprint density at radius 3 is 2.71 bits per heavy atom. The highest BCUT2D eigenvalue weighted by molar-refractivity contribution is 7.98. The van der Waals surface area contributed by atoms with Crippen LogP contribution in [0.4, 0.5) is 0 Å². The molecule has 2 rings (SSSR count). The van der Waals surface area contributed by atoms with E-state index in [-0.39, 0.29) is 0 Å². The molecular weight excluding hydrogens is 230 g/mol. The predicted octanol–water partition coefficient (Wildman–Crippen LogP) is 3.07. The molecule has 1 fully saturated rings. The van der Waals surface area contributed by atoms with Crippen LogP contribution in [0.1, 0.15) is 24.8 Å². The summed E-state index contributed by atoms with van der Waals surface area (Å²) in [6.45, 7) is 1.80. The third kappa shape index (κ3) is 5.00. The first-order chi connectivity index (χ1) is 8.38. The number of nitrogens with one attached hydrogen (secondary N) is 1. The smallest absolute Gasteiger partial charge is 0.119 e. The lowest BCUT2D eigenvalue weighted by Crippen LogP contribution is -2.15. The lowest BCUT2D eigenvalue weighted by atomic mass is 10.2. The Kier molecular flexibility index (Phi) is 5.20. The fourth-order valence-corrected chi connectivity index (χ4v) is 2.05. The van der Waals surface area contributed by atoms with Gasteiger partial charge in [-0.15, -0.1) is 0 Å². The first-order valence-electron chi connectivity index (χ1n) is 6.32. The molecule has 1 aliphatic rings. The van der Waals surface area contributed by atoms with Crippen molar-refractivity contribution in [3.05, 3.63) is 29.8 Å². The Hall–Kier alpha value is -0.670. The zero-order valence-electron chi connectivity index (χ0n) is 10.4. The van der Waals surface area contributed by atoms with E-state index in [1.807, 2.05) is 11.8 Å². The lowest BCUT2D eigenvalue weighted by molar-refractivity contribution is 0.318. The van der Waals surface area contributed by atoms with E-state index in [1.165, 1.54) is 24.2 Å². The van der Waals surface area contributed by atoms with E-state index in [0.717, 1.165) is 31.4 Å². The van der Waals surface area contributed by atoms with E-state index < -0.39 is 0 Å². The highest BCUT2D eigenvalue weighted by Gasteiger charge is 2.19. The molecule has 3 heteroatoms. The third-order valence-electron chi connectivity index (χ3n) is 2.86. The van der Waals surface area contributed by atoms with Gasteiger partial charge in [-0.05, 0) is 49.0 Å². The van der Waals surface area contributed by atoms with E-state index >= 15 is 0 Å². The molecule has 1 N–H and O–H groups in total. The molecule has 0 aliphatic heterocycles. The molecule has 0 heterocycles. The molecular formula is C14H21NOS. The van der Waals surface area contributed by atoms with Crippen molar-refractivity contribution in [2.75, 3.05) is 18.6 Å². The summed E-state index contributed by atoms with van der Waals surface area (Å²) >= 11 is 1.87. The van der Waals surface area contributed by atoms with Crippen LogP contribution in [0, 0.1) is 0 Å². The molecule has 0 unspecified atom stereocenters. The summed E-state index contributed by atoms with van der Waals surface area (Å²) in [6, 6.07) is 9.22. The summed E-state index contributed by atoms with van der Waals surface area (Å²) in [4.78, 5) is 0. The molecule has 94 valence electrons. The maximum absolute atomic E-state index is 5.67. The fourth-order valence-electron chi connectivity index (χ4n) is 1.65. The minimum absolute atomic E-state index is 0.775. The zero-order valence-corrected chi connectivity index (χ0v) is 11.3. The van der Waals surface area contributed by atoms with Gasteiger partial charge in [-0.3, -0.25) is 0 Å². The Bertz CT molecular complexity index is 321. The molecule has 0 bridgehead atoms. The molecule has 1 aliphatic carbocycles. The van der Waals surface area contributed by atoms with Crippen LogP contribution in [0.3, 0.4) is 0 Å². The predicted molar refractivity (Wildman–Crippen MR) is 74.8 cm³/mol. The average Bonchev–Trinajstić information content (AvgIpc) is 3.18. The Morgan fingerprint density at radius 1 is 1.29 bits per heavy atom. The number of benzene rings is 1. The first kappa shape index (κ1) is 12.8. The molecule has 0 amide bonds. The number of hydrogen-bond donors (Lipinski definition) is 1. The van der Waals surface area contributed by atoms with Crippen molar-refractivity contribution in [3.63, 3.8) is 0 Å². The van der Waals surface area contributed by atoms with Crippen LogP contribution in [0.2, 0.25) is 0 Å². The van der Waals surface area contributed by atoms with Crippen molar-refractivity contribution < 1.29 is 4.74 Å². The third-order valence-corrected chi connectivity index (χ3v) is 3.55. The molecule has 1 aromatic carbocycles. The largest absolute Gasteiger partial charge is 0.494 e. The molecule has 0 saturated heterocycles. The van der Waals surface area contributed by atoms with Gasteiger partial charge < -0.3 is 10.1 Å². The van der Waals surface area contributed by atoms with Gasteiger partial charge in [0.1, 0.15) is 5.75 Å². The van der Waals surface area contributed by atoms with Crippen LogP contribution < -0.4 is 10.1 Å². The molecule has 0 spiro atoms. The van der Waals surface area contributed by atoms with Gasteiger partial charge in [0.2, 0.25) is 0 Å². The van der Waals surface area contributed by atoms with Crippen molar-refractivity contribution in [3.8, 4) is 5.75 Å². The molecule has 0 radical (unpaired) electrons. The second kappa shape index (κ2) is 6.92. The Balaban J connectivity index is 1.68. The Morgan fingerprint density at radius 2 is 2.06 bits per heavy atom. The van der Waals surface area contributed by atoms with Gasteiger partial charge >= 0.3 is 0 Å². The second-order valence-electron chi connectivity index (χ2n) is 4.49. The van der Waals surface area contributed by atoms with Gasteiger partial charge in [0, 0.05) is 12.6 Å². The van der Waals surface area contributed by atoms with Crippen molar-refractivity contribution in [1.29, 1.82) is 0 Å². The number of thioether (sulfide) groups is 1. The van der Waals surface area contributed by atoms with E-state index in [1.54, 1.807) is 0 Å². The van der Waals surface area contributed by atoms with Crippen LogP contribution in [-0.4, -0.2) is 24.7 Å². The standard InChI is InChI=1S/C14H21NOS/c1-17-10-2-9-16-14-7-3-12(4-8-14)11-15-13-5-6-13/h3-4,7-8,13,15H,2,5-6,9-11H2,1H3. The topological polar surface area (TPSA) is 21.3 Å². The van der Waals surface area contributed by atoms with Gasteiger partial charge in [0.25, 0.3) is 0 Å². The van der Waals surface area contributed by atoms with Crippen LogP contribution in [0.15, 0.2) is 24.3 Å². The Labute approximate surface area is 108 Å². The number of hydrogen-bond acceptors (Lipinski definition) is 3. The highest BCUT2D eigenvalue weighted by Crippen LogP contribution is 2.20. The quantitative estimate of drug-likeness (QED) is 0.717. The fraction of sp³-hybridized carbons (Fsp3) is 0.571. The summed E-state index contributed by atoms with van der Waals surface area (Å²) < 4.78 is 5.67. The van der Waals surface area contributed by atoms with Crippen LogP contribution >= 0.6 is 11.8 Å². The summed E-state index contributed by atoms with van der Waals surface area (Å²) in [6.07, 6.45) is 5.93. The van der Waals surface area contributed by atoms with Crippen LogP contribution in [0.25, 0.3) is 0 Å². The molecule has 17 heavy (non-hydrogen) atoms. The molecule has 0 atom stereocenters. The summed E-state index contributed by atoms with van der Waals surface area (Å²) in [5, 5.41) is 3.51. The number of rotatable bonds is 8. The van der Waals surface area contributed by atoms with Gasteiger partial charge in [0.05, 0.1) is 6.61 Å². The van der Waals surface area contributed by atoms with Crippen molar-refractivity contribution in [1.82, 2.24) is 5.32 Å². The van der Waals surface area contributed by atoms with Gasteiger partial charge in [-0.2, -0.15) is 11.8 Å². The van der Waals surface area contributed by atoms with Gasteiger partial charge in [-0.1, -0.05) is 12.1 Å². The maximum atomic E-state index is 5.67. The van der Waals surface area contributed by atoms with E-state index in [2.05, 4.69) is 35.8 Å². The van der Waals surface area contributed by atoms with E-state index in [4.69, 9.17) is 4.74 Å². The number of ether oxygens (including phenoxy) is 1. The highest BCUT2D eigenvalue weighted by atomic mass is 32.2. The maximum Gasteiger partial charge on any atom is 0.119 e. The average molecular weight is 251 g/mol. The molecule has 0 aromatic heterocycles. The molecule has 1 aromatic rings. The monoisotopic (exact) mass is 251 g/mol. The molecule has 2 nitrogen and oxygen atoms in total. The summed E-state index contributed by atoms with van der Waals surface area (Å²) in [5.41, 5.74) is 1.34. The van der Waals surface area contributed by atoms with Gasteiger partial charge in [-0.25, -0.2) is 0 Å². The van der Waals surface area contributed by atoms with Crippen molar-refractivity contribution in [2.45, 2.75) is 31.8 Å². The van der Waals surface area contributed by atoms with Crippen LogP contribution in [-0.2, 0) is 6.54 Å². The van der Waals surface area contributed by atoms with E-state index in [9.17, 15) is 0 Å². The van der Waals surface area contributed by atoms with Crippen LogP contribution in [0.5, 0.6) is 5.75 Å². The summed E-state index contributed by atoms with van der Waals surface area (Å²) in [5.74, 6) is 2.16. The van der Waals surface area contributed by atoms with Gasteiger partial charge in [0.15, 0.2) is 0 Å². The summed E-state index contributed by atoms with van der Waals surface area (Å²) in [7, 11) is 0. The minimum Gasteiger partial charge on any atom is -0.494 e. The minimum atomic E-state index is 0.775. The van der Waals surface area contributed by atoms with Crippen molar-refractivity contribution in [2.24, 2.45) is 0 Å². The van der Waals surface area contributed by atoms with Crippen molar-refractivity contribution >= 4 is 11.8 Å². The SMILES string of the molecule is CSCCCOc1ccc(CNC2CC2)cc1.